The van der Waals surface area contributed by atoms with E-state index in [2.05, 4.69) is 40.0 Å². The number of rotatable bonds is 3. The van der Waals surface area contributed by atoms with E-state index in [0.29, 0.717) is 18.5 Å². The number of pyridine rings is 1. The van der Waals surface area contributed by atoms with Gasteiger partial charge in [-0.25, -0.2) is 0 Å². The first-order valence-electron chi connectivity index (χ1n) is 8.76. The molecule has 0 bridgehead atoms. The van der Waals surface area contributed by atoms with Gasteiger partial charge in [0.25, 0.3) is 0 Å². The molecule has 0 radical (unpaired) electrons. The van der Waals surface area contributed by atoms with Crippen LogP contribution in [0, 0.1) is 6.92 Å². The minimum absolute atomic E-state index is 0.522. The maximum absolute atomic E-state index is 12.9. The molecular formula is C20H20F3N3. The van der Waals surface area contributed by atoms with Gasteiger partial charge in [0, 0.05) is 55.0 Å². The van der Waals surface area contributed by atoms with Crippen molar-refractivity contribution < 1.29 is 13.2 Å². The lowest BCUT2D eigenvalue weighted by Gasteiger charge is -2.17. The van der Waals surface area contributed by atoms with E-state index in [9.17, 15) is 13.2 Å². The number of halogens is 3. The second kappa shape index (κ2) is 6.43. The Balaban J connectivity index is 1.68. The van der Waals surface area contributed by atoms with Gasteiger partial charge in [-0.3, -0.25) is 4.98 Å². The van der Waals surface area contributed by atoms with Crippen LogP contribution in [0.3, 0.4) is 0 Å². The fraction of sp³-hybridized carbons (Fsp3) is 0.350. The molecule has 4 rings (SSSR count). The lowest BCUT2D eigenvalue weighted by Crippen LogP contribution is -2.24. The average molecular weight is 359 g/mol. The number of nitrogens with one attached hydrogen (secondary N) is 1. The number of nitrogens with zero attached hydrogens (tertiary/aromatic N) is 2. The highest BCUT2D eigenvalue weighted by Gasteiger charge is 2.31. The molecule has 1 N–H and O–H groups in total. The van der Waals surface area contributed by atoms with Crippen molar-refractivity contribution in [2.45, 2.75) is 39.0 Å². The zero-order valence-electron chi connectivity index (χ0n) is 14.5. The van der Waals surface area contributed by atoms with Crippen molar-refractivity contribution in [2.24, 2.45) is 0 Å². The highest BCUT2D eigenvalue weighted by Crippen LogP contribution is 2.31. The molecule has 136 valence electrons. The van der Waals surface area contributed by atoms with Crippen molar-refractivity contribution in [1.82, 2.24) is 14.9 Å². The monoisotopic (exact) mass is 359 g/mol. The number of hydrogen-bond donors (Lipinski definition) is 1. The van der Waals surface area contributed by atoms with E-state index >= 15 is 0 Å². The van der Waals surface area contributed by atoms with Crippen LogP contribution in [0.25, 0.3) is 10.9 Å². The van der Waals surface area contributed by atoms with E-state index in [1.807, 2.05) is 0 Å². The minimum Gasteiger partial charge on any atom is -0.344 e. The van der Waals surface area contributed by atoms with Gasteiger partial charge in [-0.05, 0) is 42.7 Å². The largest absolute Gasteiger partial charge is 0.417 e. The standard InChI is InChI=1S/C20H20F3N3/c1-13-2-3-18-16(8-13)17-12-24-6-4-19(17)26(18)7-5-14-9-15(11-25-10-14)20(21,22)23/h2-3,8-11,24H,4-7,12H2,1H3. The van der Waals surface area contributed by atoms with Crippen LogP contribution >= 0.6 is 0 Å². The Labute approximate surface area is 149 Å². The van der Waals surface area contributed by atoms with Crippen molar-refractivity contribution >= 4 is 10.9 Å². The number of alkyl halides is 3. The van der Waals surface area contributed by atoms with E-state index in [1.165, 1.54) is 34.5 Å². The van der Waals surface area contributed by atoms with Crippen LogP contribution in [0.5, 0.6) is 0 Å². The Morgan fingerprint density at radius 3 is 2.85 bits per heavy atom. The van der Waals surface area contributed by atoms with Crippen molar-refractivity contribution in [2.75, 3.05) is 6.54 Å². The average Bonchev–Trinajstić information content (AvgIpc) is 2.93. The Kier molecular flexibility index (Phi) is 4.23. The smallest absolute Gasteiger partial charge is 0.344 e. The summed E-state index contributed by atoms with van der Waals surface area (Å²) < 4.78 is 41.0. The Morgan fingerprint density at radius 1 is 1.19 bits per heavy atom. The molecule has 0 amide bonds. The number of benzene rings is 1. The molecule has 1 aromatic carbocycles. The molecule has 0 fully saturated rings. The van der Waals surface area contributed by atoms with E-state index in [-0.39, 0.29) is 0 Å². The molecule has 0 saturated heterocycles. The third-order valence-corrected chi connectivity index (χ3v) is 5.03. The fourth-order valence-corrected chi connectivity index (χ4v) is 3.77. The van der Waals surface area contributed by atoms with Crippen LogP contribution in [-0.2, 0) is 32.1 Å². The third kappa shape index (κ3) is 3.09. The zero-order chi connectivity index (χ0) is 18.3. The van der Waals surface area contributed by atoms with Gasteiger partial charge in [0.2, 0.25) is 0 Å². The van der Waals surface area contributed by atoms with Crippen molar-refractivity contribution in [3.63, 3.8) is 0 Å². The van der Waals surface area contributed by atoms with Gasteiger partial charge in [0.1, 0.15) is 0 Å². The summed E-state index contributed by atoms with van der Waals surface area (Å²) in [6.07, 6.45) is -0.492. The molecule has 2 aromatic heterocycles. The molecule has 0 unspecified atom stereocenters. The predicted molar refractivity (Wildman–Crippen MR) is 95.0 cm³/mol. The van der Waals surface area contributed by atoms with Gasteiger partial charge >= 0.3 is 6.18 Å². The molecule has 0 spiro atoms. The molecule has 0 atom stereocenters. The van der Waals surface area contributed by atoms with E-state index < -0.39 is 11.7 Å². The maximum atomic E-state index is 12.9. The Hall–Kier alpha value is -2.34. The van der Waals surface area contributed by atoms with Gasteiger partial charge < -0.3 is 9.88 Å². The molecule has 3 aromatic rings. The van der Waals surface area contributed by atoms with Crippen LogP contribution in [0.2, 0.25) is 0 Å². The van der Waals surface area contributed by atoms with Crippen molar-refractivity contribution in [3.05, 3.63) is 64.6 Å². The second-order valence-electron chi connectivity index (χ2n) is 6.85. The maximum Gasteiger partial charge on any atom is 0.417 e. The molecule has 0 saturated carbocycles. The number of fused-ring (bicyclic) bond motifs is 3. The number of hydrogen-bond acceptors (Lipinski definition) is 2. The minimum atomic E-state index is -4.36. The van der Waals surface area contributed by atoms with Crippen LogP contribution in [-0.4, -0.2) is 16.1 Å². The normalized spacial score (nSPS) is 14.6. The molecule has 1 aliphatic rings. The number of aromatic nitrogens is 2. The SMILES string of the molecule is Cc1ccc2c(c1)c1c(n2CCc2cncc(C(F)(F)F)c2)CCNC1. The van der Waals surface area contributed by atoms with E-state index in [0.717, 1.165) is 31.2 Å². The van der Waals surface area contributed by atoms with Gasteiger partial charge in [0.05, 0.1) is 5.56 Å². The topological polar surface area (TPSA) is 29.9 Å². The summed E-state index contributed by atoms with van der Waals surface area (Å²) in [7, 11) is 0. The van der Waals surface area contributed by atoms with E-state index in [4.69, 9.17) is 0 Å². The van der Waals surface area contributed by atoms with Gasteiger partial charge in [-0.15, -0.1) is 0 Å². The molecule has 3 heterocycles. The summed E-state index contributed by atoms with van der Waals surface area (Å²) in [6, 6.07) is 7.61. The second-order valence-corrected chi connectivity index (χ2v) is 6.85. The van der Waals surface area contributed by atoms with Crippen LogP contribution < -0.4 is 5.32 Å². The summed E-state index contributed by atoms with van der Waals surface area (Å²) in [4.78, 5) is 3.77. The van der Waals surface area contributed by atoms with Crippen molar-refractivity contribution in [3.8, 4) is 0 Å². The summed E-state index contributed by atoms with van der Waals surface area (Å²) in [6.45, 7) is 4.49. The first-order valence-corrected chi connectivity index (χ1v) is 8.76. The lowest BCUT2D eigenvalue weighted by atomic mass is 10.0. The summed E-state index contributed by atoms with van der Waals surface area (Å²) in [5, 5.41) is 4.66. The first-order chi connectivity index (χ1) is 12.4. The molecule has 26 heavy (non-hydrogen) atoms. The van der Waals surface area contributed by atoms with Crippen molar-refractivity contribution in [1.29, 1.82) is 0 Å². The summed E-state index contributed by atoms with van der Waals surface area (Å²) >= 11 is 0. The quantitative estimate of drug-likeness (QED) is 0.758. The van der Waals surface area contributed by atoms with Crippen LogP contribution in [0.1, 0.15) is 27.9 Å². The molecule has 1 aliphatic heterocycles. The van der Waals surface area contributed by atoms with Crippen LogP contribution in [0.15, 0.2) is 36.7 Å². The van der Waals surface area contributed by atoms with Gasteiger partial charge in [-0.1, -0.05) is 11.6 Å². The molecular weight excluding hydrogens is 339 g/mol. The fourth-order valence-electron chi connectivity index (χ4n) is 3.77. The zero-order valence-corrected chi connectivity index (χ0v) is 14.5. The van der Waals surface area contributed by atoms with Gasteiger partial charge in [0.15, 0.2) is 0 Å². The Bertz CT molecular complexity index is 957. The number of aryl methyl sites for hydroxylation is 3. The molecule has 0 aliphatic carbocycles. The third-order valence-electron chi connectivity index (χ3n) is 5.03. The predicted octanol–water partition coefficient (Wildman–Crippen LogP) is 4.25. The summed E-state index contributed by atoms with van der Waals surface area (Å²) in [5.41, 5.74) is 4.90. The lowest BCUT2D eigenvalue weighted by molar-refractivity contribution is -0.137. The first kappa shape index (κ1) is 17.1. The molecule has 6 heteroatoms. The van der Waals surface area contributed by atoms with E-state index in [1.54, 1.807) is 0 Å². The molecule has 3 nitrogen and oxygen atoms in total. The Morgan fingerprint density at radius 2 is 2.04 bits per heavy atom. The van der Waals surface area contributed by atoms with Crippen LogP contribution in [0.4, 0.5) is 13.2 Å². The highest BCUT2D eigenvalue weighted by molar-refractivity contribution is 5.86. The summed E-state index contributed by atoms with van der Waals surface area (Å²) in [5.74, 6) is 0. The van der Waals surface area contributed by atoms with Gasteiger partial charge in [-0.2, -0.15) is 13.2 Å². The highest BCUT2D eigenvalue weighted by atomic mass is 19.4.